The molecule has 0 radical (unpaired) electrons. The highest BCUT2D eigenvalue weighted by Gasteiger charge is 2.34. The summed E-state index contributed by atoms with van der Waals surface area (Å²) < 4.78 is 0. The van der Waals surface area contributed by atoms with E-state index < -0.39 is 0 Å². The molecule has 1 saturated carbocycles. The van der Waals surface area contributed by atoms with Gasteiger partial charge in [0.25, 0.3) is 0 Å². The summed E-state index contributed by atoms with van der Waals surface area (Å²) in [5.74, 6) is 0.831. The number of carbonyl (C=O) groups excluding carboxylic acids is 2. The number of aryl methyl sites for hydroxylation is 1. The van der Waals surface area contributed by atoms with E-state index in [9.17, 15) is 9.59 Å². The third kappa shape index (κ3) is 5.69. The van der Waals surface area contributed by atoms with Crippen LogP contribution < -0.4 is 10.2 Å². The van der Waals surface area contributed by atoms with Crippen LogP contribution >= 0.6 is 0 Å². The molecule has 0 aromatic heterocycles. The summed E-state index contributed by atoms with van der Waals surface area (Å²) in [4.78, 5) is 26.8. The van der Waals surface area contributed by atoms with Crippen molar-refractivity contribution >= 4 is 17.5 Å². The van der Waals surface area contributed by atoms with Crippen LogP contribution in [-0.4, -0.2) is 18.4 Å². The van der Waals surface area contributed by atoms with Crippen molar-refractivity contribution in [2.45, 2.75) is 46.6 Å². The molecule has 0 bridgehead atoms. The second-order valence-electron chi connectivity index (χ2n) is 8.23. The monoisotopic (exact) mass is 378 g/mol. The van der Waals surface area contributed by atoms with Crippen LogP contribution in [0.5, 0.6) is 0 Å². The van der Waals surface area contributed by atoms with Crippen LogP contribution in [-0.2, 0) is 22.6 Å². The Hall–Kier alpha value is -2.62. The topological polar surface area (TPSA) is 49.4 Å². The number of nitrogens with zero attached hydrogens (tertiary/aromatic N) is 1. The third-order valence-electron chi connectivity index (χ3n) is 4.94. The molecule has 0 spiro atoms. The van der Waals surface area contributed by atoms with Crippen LogP contribution in [0.4, 0.5) is 5.69 Å². The molecule has 4 nitrogen and oxygen atoms in total. The summed E-state index contributed by atoms with van der Waals surface area (Å²) in [6.45, 7) is 7.49. The van der Waals surface area contributed by atoms with E-state index in [4.69, 9.17) is 0 Å². The Labute approximate surface area is 167 Å². The summed E-state index contributed by atoms with van der Waals surface area (Å²) >= 11 is 0. The molecule has 1 aliphatic carbocycles. The number of anilines is 1. The van der Waals surface area contributed by atoms with Crippen molar-refractivity contribution in [2.75, 3.05) is 11.4 Å². The minimum Gasteiger partial charge on any atom is -0.356 e. The van der Waals surface area contributed by atoms with Gasteiger partial charge in [-0.3, -0.25) is 9.59 Å². The van der Waals surface area contributed by atoms with Gasteiger partial charge in [0.05, 0.1) is 13.0 Å². The molecular weight excluding hydrogens is 348 g/mol. The van der Waals surface area contributed by atoms with Gasteiger partial charge in [0.1, 0.15) is 0 Å². The number of hydrogen-bond acceptors (Lipinski definition) is 2. The first-order valence-corrected chi connectivity index (χ1v) is 10.1. The van der Waals surface area contributed by atoms with Gasteiger partial charge in [-0.2, -0.15) is 0 Å². The molecule has 0 aliphatic heterocycles. The van der Waals surface area contributed by atoms with Crippen molar-refractivity contribution in [3.63, 3.8) is 0 Å². The van der Waals surface area contributed by atoms with E-state index in [0.717, 1.165) is 29.7 Å². The van der Waals surface area contributed by atoms with Crippen LogP contribution in [0.25, 0.3) is 0 Å². The Morgan fingerprint density at radius 3 is 2.39 bits per heavy atom. The van der Waals surface area contributed by atoms with E-state index in [-0.39, 0.29) is 17.7 Å². The van der Waals surface area contributed by atoms with Gasteiger partial charge in [0.2, 0.25) is 11.8 Å². The first-order valence-electron chi connectivity index (χ1n) is 10.1. The molecule has 4 heteroatoms. The second kappa shape index (κ2) is 9.05. The predicted octanol–water partition coefficient (Wildman–Crippen LogP) is 4.25. The molecule has 0 unspecified atom stereocenters. The first kappa shape index (κ1) is 20.1. The Morgan fingerprint density at radius 2 is 1.79 bits per heavy atom. The lowest BCUT2D eigenvalue weighted by atomic mass is 10.1. The minimum atomic E-state index is 0.0344. The summed E-state index contributed by atoms with van der Waals surface area (Å²) in [6, 6.07) is 16.1. The van der Waals surface area contributed by atoms with Crippen molar-refractivity contribution in [3.05, 3.63) is 65.2 Å². The van der Waals surface area contributed by atoms with Gasteiger partial charge in [0, 0.05) is 18.2 Å². The first-order chi connectivity index (χ1) is 13.4. The molecule has 148 valence electrons. The largest absolute Gasteiger partial charge is 0.356 e. The molecule has 2 amide bonds. The molecule has 2 aromatic carbocycles. The maximum Gasteiger partial charge on any atom is 0.230 e. The molecule has 1 aliphatic rings. The van der Waals surface area contributed by atoms with Gasteiger partial charge in [-0.15, -0.1) is 0 Å². The predicted molar refractivity (Wildman–Crippen MR) is 113 cm³/mol. The smallest absolute Gasteiger partial charge is 0.230 e. The summed E-state index contributed by atoms with van der Waals surface area (Å²) in [5, 5.41) is 2.94. The highest BCUT2D eigenvalue weighted by atomic mass is 16.2. The lowest BCUT2D eigenvalue weighted by Crippen LogP contribution is -2.31. The lowest BCUT2D eigenvalue weighted by Gasteiger charge is -2.23. The van der Waals surface area contributed by atoms with E-state index in [1.807, 2.05) is 35.2 Å². The summed E-state index contributed by atoms with van der Waals surface area (Å²) in [7, 11) is 0. The van der Waals surface area contributed by atoms with Crippen molar-refractivity contribution < 1.29 is 9.59 Å². The molecule has 0 heterocycles. The van der Waals surface area contributed by atoms with Gasteiger partial charge in [-0.25, -0.2) is 0 Å². The van der Waals surface area contributed by atoms with E-state index in [0.29, 0.717) is 25.4 Å². The quantitative estimate of drug-likeness (QED) is 0.746. The van der Waals surface area contributed by atoms with E-state index in [2.05, 4.69) is 44.3 Å². The Balaban J connectivity index is 1.71. The van der Waals surface area contributed by atoms with Crippen LogP contribution in [0.2, 0.25) is 0 Å². The van der Waals surface area contributed by atoms with Crippen LogP contribution in [0, 0.1) is 18.8 Å². The molecule has 0 saturated heterocycles. The third-order valence-corrected chi connectivity index (χ3v) is 4.94. The number of nitrogens with one attached hydrogen (secondary N) is 1. The highest BCUT2D eigenvalue weighted by molar-refractivity contribution is 5.96. The number of rotatable bonds is 8. The van der Waals surface area contributed by atoms with Gasteiger partial charge in [-0.1, -0.05) is 55.8 Å². The van der Waals surface area contributed by atoms with Crippen molar-refractivity contribution in [1.29, 1.82) is 0 Å². The lowest BCUT2D eigenvalue weighted by molar-refractivity contribution is -0.121. The van der Waals surface area contributed by atoms with Crippen molar-refractivity contribution in [1.82, 2.24) is 5.32 Å². The fourth-order valence-electron chi connectivity index (χ4n) is 3.20. The maximum atomic E-state index is 12.9. The average molecular weight is 379 g/mol. The fourth-order valence-corrected chi connectivity index (χ4v) is 3.20. The number of amides is 2. The van der Waals surface area contributed by atoms with Gasteiger partial charge < -0.3 is 10.2 Å². The normalized spacial score (nSPS) is 13.4. The number of hydrogen-bond donors (Lipinski definition) is 1. The minimum absolute atomic E-state index is 0.0344. The Kier molecular flexibility index (Phi) is 6.50. The fraction of sp³-hybridized carbons (Fsp3) is 0.417. The SMILES string of the molecule is Cc1cccc(CN(C(=O)C2CC2)c2ccc(CC(=O)NCC(C)C)cc2)c1. The molecule has 28 heavy (non-hydrogen) atoms. The zero-order chi connectivity index (χ0) is 20.1. The Morgan fingerprint density at radius 1 is 1.07 bits per heavy atom. The van der Waals surface area contributed by atoms with Crippen LogP contribution in [0.15, 0.2) is 48.5 Å². The maximum absolute atomic E-state index is 12.9. The number of carbonyl (C=O) groups is 2. The summed E-state index contributed by atoms with van der Waals surface area (Å²) in [5.41, 5.74) is 4.18. The van der Waals surface area contributed by atoms with Crippen LogP contribution in [0.3, 0.4) is 0 Å². The molecule has 1 N–H and O–H groups in total. The molecule has 3 rings (SSSR count). The summed E-state index contributed by atoms with van der Waals surface area (Å²) in [6.07, 6.45) is 2.33. The van der Waals surface area contributed by atoms with Gasteiger partial charge >= 0.3 is 0 Å². The van der Waals surface area contributed by atoms with E-state index >= 15 is 0 Å². The highest BCUT2D eigenvalue weighted by Crippen LogP contribution is 2.33. The molecule has 1 fully saturated rings. The van der Waals surface area contributed by atoms with Crippen molar-refractivity contribution in [2.24, 2.45) is 11.8 Å². The van der Waals surface area contributed by atoms with Gasteiger partial charge in [0.15, 0.2) is 0 Å². The Bertz CT molecular complexity index is 823. The average Bonchev–Trinajstić information content (AvgIpc) is 3.50. The second-order valence-corrected chi connectivity index (χ2v) is 8.23. The molecular formula is C24H30N2O2. The van der Waals surface area contributed by atoms with E-state index in [1.165, 1.54) is 5.56 Å². The zero-order valence-corrected chi connectivity index (χ0v) is 17.1. The molecule has 0 atom stereocenters. The van der Waals surface area contributed by atoms with Crippen molar-refractivity contribution in [3.8, 4) is 0 Å². The molecule has 2 aromatic rings. The van der Waals surface area contributed by atoms with Crippen LogP contribution in [0.1, 0.15) is 43.4 Å². The van der Waals surface area contributed by atoms with E-state index in [1.54, 1.807) is 0 Å². The number of benzene rings is 2. The van der Waals surface area contributed by atoms with Gasteiger partial charge in [-0.05, 0) is 48.9 Å². The zero-order valence-electron chi connectivity index (χ0n) is 17.1. The standard InChI is InChI=1S/C24H30N2O2/c1-17(2)15-25-23(27)14-19-7-11-22(12-8-19)26(24(28)21-9-10-21)16-20-6-4-5-18(3)13-20/h4-8,11-13,17,21H,9-10,14-16H2,1-3H3,(H,25,27).